The third-order valence-electron chi connectivity index (χ3n) is 4.76. The Hall–Kier alpha value is -3.03. The van der Waals surface area contributed by atoms with E-state index < -0.39 is 0 Å². The Bertz CT molecular complexity index is 1070. The van der Waals surface area contributed by atoms with Gasteiger partial charge in [0, 0.05) is 31.3 Å². The van der Waals surface area contributed by atoms with E-state index in [-0.39, 0.29) is 12.2 Å². The lowest BCUT2D eigenvalue weighted by atomic mass is 10.0. The first-order valence-electron chi connectivity index (χ1n) is 9.45. The summed E-state index contributed by atoms with van der Waals surface area (Å²) in [7, 11) is 0. The van der Waals surface area contributed by atoms with Crippen LogP contribution in [0.25, 0.3) is 17.2 Å². The van der Waals surface area contributed by atoms with E-state index in [1.54, 1.807) is 0 Å². The lowest BCUT2D eigenvalue weighted by Crippen LogP contribution is -2.30. The van der Waals surface area contributed by atoms with Crippen LogP contribution < -0.4 is 5.56 Å². The Morgan fingerprint density at radius 2 is 2.04 bits per heavy atom. The van der Waals surface area contributed by atoms with E-state index in [0.29, 0.717) is 30.4 Å². The predicted octanol–water partition coefficient (Wildman–Crippen LogP) is 2.16. The van der Waals surface area contributed by atoms with Gasteiger partial charge in [0.2, 0.25) is 0 Å². The van der Waals surface area contributed by atoms with Crippen LogP contribution in [0.4, 0.5) is 0 Å². The van der Waals surface area contributed by atoms with Crippen molar-refractivity contribution in [3.8, 4) is 11.4 Å². The van der Waals surface area contributed by atoms with Crippen LogP contribution in [0.2, 0.25) is 0 Å². The smallest absolute Gasteiger partial charge is 0.274 e. The number of nitrogens with one attached hydrogen (secondary N) is 1. The van der Waals surface area contributed by atoms with E-state index in [2.05, 4.69) is 38.2 Å². The van der Waals surface area contributed by atoms with Crippen molar-refractivity contribution in [2.24, 2.45) is 0 Å². The highest BCUT2D eigenvalue weighted by atomic mass is 16.3. The number of hydrogen-bond acceptors (Lipinski definition) is 5. The monoisotopic (exact) mass is 377 g/mol. The molecule has 4 rings (SSSR count). The summed E-state index contributed by atoms with van der Waals surface area (Å²) in [6.45, 7) is 1.82. The zero-order valence-electron chi connectivity index (χ0n) is 15.6. The van der Waals surface area contributed by atoms with E-state index in [1.807, 2.05) is 30.3 Å². The van der Waals surface area contributed by atoms with Crippen molar-refractivity contribution in [2.75, 3.05) is 19.7 Å². The number of H-pyrrole nitrogens is 1. The SMILES string of the molecule is O=c1cc(CN(CCO)CC2=CC=CCC2)nc2nc(-c3ccccc3)[nH]n12. The second kappa shape index (κ2) is 8.33. The molecule has 1 aliphatic carbocycles. The van der Waals surface area contributed by atoms with Crippen LogP contribution in [0, 0.1) is 0 Å². The van der Waals surface area contributed by atoms with Gasteiger partial charge in [-0.15, -0.1) is 0 Å². The third kappa shape index (κ3) is 4.11. The Morgan fingerprint density at radius 3 is 2.79 bits per heavy atom. The summed E-state index contributed by atoms with van der Waals surface area (Å²) in [6.07, 6.45) is 8.41. The van der Waals surface area contributed by atoms with Crippen LogP contribution >= 0.6 is 0 Å². The van der Waals surface area contributed by atoms with Gasteiger partial charge < -0.3 is 5.11 Å². The number of hydrogen-bond donors (Lipinski definition) is 2. The predicted molar refractivity (Wildman–Crippen MR) is 108 cm³/mol. The molecule has 1 aliphatic rings. The molecule has 7 heteroatoms. The van der Waals surface area contributed by atoms with E-state index in [9.17, 15) is 9.90 Å². The summed E-state index contributed by atoms with van der Waals surface area (Å²) >= 11 is 0. The third-order valence-corrected chi connectivity index (χ3v) is 4.76. The molecule has 0 saturated carbocycles. The van der Waals surface area contributed by atoms with Gasteiger partial charge in [-0.2, -0.15) is 9.50 Å². The van der Waals surface area contributed by atoms with Crippen LogP contribution in [0.5, 0.6) is 0 Å². The molecular formula is C21H23N5O2. The molecule has 0 fully saturated rings. The number of aliphatic hydroxyl groups is 1. The number of aromatic nitrogens is 4. The number of aromatic amines is 1. The standard InChI is InChI=1S/C21H23N5O2/c27-12-11-25(14-16-7-3-1-4-8-16)15-18-13-19(28)26-21(22-18)23-20(24-26)17-9-5-2-6-10-17/h1-3,5-7,9-10,13,27H,4,8,11-12,14-15H2,(H,22,23,24). The Kier molecular flexibility index (Phi) is 5.45. The van der Waals surface area contributed by atoms with Gasteiger partial charge in [-0.25, -0.2) is 4.98 Å². The second-order valence-corrected chi connectivity index (χ2v) is 6.89. The van der Waals surface area contributed by atoms with Gasteiger partial charge in [-0.3, -0.25) is 14.8 Å². The van der Waals surface area contributed by atoms with E-state index in [1.165, 1.54) is 16.2 Å². The summed E-state index contributed by atoms with van der Waals surface area (Å²) in [5.41, 5.74) is 2.67. The highest BCUT2D eigenvalue weighted by Gasteiger charge is 2.14. The lowest BCUT2D eigenvalue weighted by Gasteiger charge is -2.23. The maximum Gasteiger partial charge on any atom is 0.274 e. The summed E-state index contributed by atoms with van der Waals surface area (Å²) in [5.74, 6) is 0.957. The molecule has 0 radical (unpaired) electrons. The first-order chi connectivity index (χ1) is 13.7. The van der Waals surface area contributed by atoms with Crippen molar-refractivity contribution < 1.29 is 5.11 Å². The van der Waals surface area contributed by atoms with E-state index in [4.69, 9.17) is 0 Å². The minimum absolute atomic E-state index is 0.0604. The number of nitrogens with zero attached hydrogens (tertiary/aromatic N) is 4. The molecule has 0 spiro atoms. The number of benzene rings is 1. The fraction of sp³-hybridized carbons (Fsp3) is 0.286. The summed E-state index contributed by atoms with van der Waals surface area (Å²) in [5, 5.41) is 12.4. The maximum absolute atomic E-state index is 12.5. The topological polar surface area (TPSA) is 86.5 Å². The molecule has 144 valence electrons. The molecule has 2 heterocycles. The van der Waals surface area contributed by atoms with Crippen molar-refractivity contribution in [1.29, 1.82) is 0 Å². The number of fused-ring (bicyclic) bond motifs is 1. The fourth-order valence-corrected chi connectivity index (χ4v) is 3.39. The van der Waals surface area contributed by atoms with Gasteiger partial charge >= 0.3 is 0 Å². The molecule has 1 aromatic carbocycles. The minimum Gasteiger partial charge on any atom is -0.395 e. The second-order valence-electron chi connectivity index (χ2n) is 6.89. The van der Waals surface area contributed by atoms with Gasteiger partial charge in [0.05, 0.1) is 12.3 Å². The molecule has 0 aliphatic heterocycles. The molecule has 2 N–H and O–H groups in total. The van der Waals surface area contributed by atoms with Gasteiger partial charge in [0.15, 0.2) is 5.82 Å². The Labute approximate surface area is 162 Å². The van der Waals surface area contributed by atoms with Crippen LogP contribution in [0.3, 0.4) is 0 Å². The Morgan fingerprint density at radius 1 is 1.18 bits per heavy atom. The molecule has 0 unspecified atom stereocenters. The number of allylic oxidation sites excluding steroid dienone is 3. The molecule has 28 heavy (non-hydrogen) atoms. The Balaban J connectivity index is 1.59. The highest BCUT2D eigenvalue weighted by Crippen LogP contribution is 2.16. The van der Waals surface area contributed by atoms with E-state index in [0.717, 1.165) is 24.9 Å². The zero-order chi connectivity index (χ0) is 19.3. The molecule has 0 amide bonds. The molecule has 3 aromatic rings. The van der Waals surface area contributed by atoms with Crippen molar-refractivity contribution >= 4 is 5.78 Å². The molecule has 0 saturated heterocycles. The average Bonchev–Trinajstić information content (AvgIpc) is 3.14. The van der Waals surface area contributed by atoms with Crippen LogP contribution in [0.1, 0.15) is 18.5 Å². The summed E-state index contributed by atoms with van der Waals surface area (Å²) in [4.78, 5) is 23.7. The maximum atomic E-state index is 12.5. The molecule has 7 nitrogen and oxygen atoms in total. The van der Waals surface area contributed by atoms with Crippen molar-refractivity contribution in [2.45, 2.75) is 19.4 Å². The fourth-order valence-electron chi connectivity index (χ4n) is 3.39. The molecule has 0 bridgehead atoms. The van der Waals surface area contributed by atoms with Gasteiger partial charge in [0.1, 0.15) is 0 Å². The summed E-state index contributed by atoms with van der Waals surface area (Å²) < 4.78 is 1.36. The van der Waals surface area contributed by atoms with Crippen LogP contribution in [-0.2, 0) is 6.54 Å². The molecule has 0 atom stereocenters. The zero-order valence-corrected chi connectivity index (χ0v) is 15.6. The number of aliphatic hydroxyl groups excluding tert-OH is 1. The van der Waals surface area contributed by atoms with Gasteiger partial charge in [-0.1, -0.05) is 54.1 Å². The van der Waals surface area contributed by atoms with E-state index >= 15 is 0 Å². The first kappa shape index (κ1) is 18.3. The van der Waals surface area contributed by atoms with Crippen molar-refractivity contribution in [3.63, 3.8) is 0 Å². The largest absolute Gasteiger partial charge is 0.395 e. The average molecular weight is 377 g/mol. The minimum atomic E-state index is -0.196. The molecular weight excluding hydrogens is 354 g/mol. The van der Waals surface area contributed by atoms with Crippen molar-refractivity contribution in [3.05, 3.63) is 76.2 Å². The summed E-state index contributed by atoms with van der Waals surface area (Å²) in [6, 6.07) is 11.2. The van der Waals surface area contributed by atoms with Crippen LogP contribution in [-0.4, -0.2) is 49.3 Å². The van der Waals surface area contributed by atoms with Gasteiger partial charge in [0.25, 0.3) is 11.3 Å². The van der Waals surface area contributed by atoms with Gasteiger partial charge in [-0.05, 0) is 12.8 Å². The quantitative estimate of drug-likeness (QED) is 0.659. The normalized spacial score (nSPS) is 14.0. The van der Waals surface area contributed by atoms with Crippen LogP contribution in [0.15, 0.2) is 65.0 Å². The highest BCUT2D eigenvalue weighted by molar-refractivity contribution is 5.56. The van der Waals surface area contributed by atoms with Crippen molar-refractivity contribution in [1.82, 2.24) is 24.5 Å². The lowest BCUT2D eigenvalue weighted by molar-refractivity contribution is 0.198. The number of rotatable bonds is 7. The first-order valence-corrected chi connectivity index (χ1v) is 9.45. The molecule has 2 aromatic heterocycles.